The summed E-state index contributed by atoms with van der Waals surface area (Å²) in [5, 5.41) is 3.51. The van der Waals surface area contributed by atoms with Crippen LogP contribution in [0.1, 0.15) is 5.56 Å². The van der Waals surface area contributed by atoms with Gasteiger partial charge in [-0.15, -0.1) is 0 Å². The summed E-state index contributed by atoms with van der Waals surface area (Å²) in [5.41, 5.74) is 1.46. The molecule has 1 aliphatic rings. The highest BCUT2D eigenvalue weighted by Crippen LogP contribution is 2.30. The van der Waals surface area contributed by atoms with E-state index in [4.69, 9.17) is 23.2 Å². The van der Waals surface area contributed by atoms with Crippen molar-refractivity contribution in [1.82, 2.24) is 10.3 Å². The van der Waals surface area contributed by atoms with E-state index in [-0.39, 0.29) is 5.24 Å². The smallest absolute Gasteiger partial charge is 0.289 e. The average Bonchev–Trinajstić information content (AvgIpc) is 2.78. The minimum absolute atomic E-state index is 0.179. The number of benzene rings is 1. The average molecular weight is 350 g/mol. The van der Waals surface area contributed by atoms with E-state index in [2.05, 4.69) is 15.3 Å². The maximum Gasteiger partial charge on any atom is 0.289 e. The number of amidine groups is 1. The Morgan fingerprint density at radius 2 is 2.00 bits per heavy atom. The third kappa shape index (κ3) is 3.68. The molecule has 0 spiro atoms. The van der Waals surface area contributed by atoms with Crippen molar-refractivity contribution in [1.29, 1.82) is 0 Å². The van der Waals surface area contributed by atoms with E-state index in [0.29, 0.717) is 26.5 Å². The Kier molecular flexibility index (Phi) is 4.47. The van der Waals surface area contributed by atoms with Gasteiger partial charge in [0.2, 0.25) is 0 Å². The Morgan fingerprint density at radius 3 is 2.68 bits per heavy atom. The van der Waals surface area contributed by atoms with Gasteiger partial charge in [0.1, 0.15) is 5.84 Å². The predicted octanol–water partition coefficient (Wildman–Crippen LogP) is 4.92. The minimum Gasteiger partial charge on any atom is -0.300 e. The van der Waals surface area contributed by atoms with Crippen LogP contribution in [0.5, 0.6) is 0 Å². The van der Waals surface area contributed by atoms with Crippen molar-refractivity contribution in [3.63, 3.8) is 0 Å². The molecule has 7 heteroatoms. The normalized spacial score (nSPS) is 18.0. The fourth-order valence-electron chi connectivity index (χ4n) is 1.86. The molecule has 1 aromatic carbocycles. The number of aromatic nitrogens is 1. The number of pyridine rings is 1. The number of halogens is 2. The lowest BCUT2D eigenvalue weighted by Crippen LogP contribution is -2.18. The second kappa shape index (κ2) is 6.52. The molecular formula is C15H9Cl2N3OS. The van der Waals surface area contributed by atoms with Crippen molar-refractivity contribution in [2.45, 2.75) is 0 Å². The van der Waals surface area contributed by atoms with E-state index in [1.165, 1.54) is 0 Å². The molecule has 4 nitrogen and oxygen atoms in total. The van der Waals surface area contributed by atoms with Crippen molar-refractivity contribution in [3.8, 4) is 0 Å². The van der Waals surface area contributed by atoms with Crippen molar-refractivity contribution < 1.29 is 4.79 Å². The van der Waals surface area contributed by atoms with Gasteiger partial charge in [-0.05, 0) is 47.7 Å². The number of carbonyl (C=O) groups excluding carboxylic acids is 1. The number of carbonyl (C=O) groups is 1. The van der Waals surface area contributed by atoms with Crippen LogP contribution in [0.3, 0.4) is 0 Å². The number of aliphatic imine (C=N–C) groups is 1. The molecule has 0 bridgehead atoms. The number of rotatable bonds is 2. The summed E-state index contributed by atoms with van der Waals surface area (Å²) in [6.07, 6.45) is 5.25. The molecule has 0 saturated carbocycles. The second-order valence-corrected chi connectivity index (χ2v) is 6.29. The zero-order valence-corrected chi connectivity index (χ0v) is 13.4. The third-order valence-corrected chi connectivity index (χ3v) is 3.98. The third-order valence-electron chi connectivity index (χ3n) is 2.73. The van der Waals surface area contributed by atoms with E-state index in [0.717, 1.165) is 17.3 Å². The molecule has 22 heavy (non-hydrogen) atoms. The van der Waals surface area contributed by atoms with Gasteiger partial charge in [-0.2, -0.15) is 0 Å². The standard InChI is InChI=1S/C15H9Cl2N3OS/c16-10-5-11(17)7-12(6-10)19-14-13(22-15(21)20-14)4-9-2-1-3-18-8-9/h1-8H,(H,19,20,21). The highest BCUT2D eigenvalue weighted by Gasteiger charge is 2.23. The predicted molar refractivity (Wildman–Crippen MR) is 91.9 cm³/mol. The van der Waals surface area contributed by atoms with Crippen molar-refractivity contribution in [3.05, 3.63) is 63.2 Å². The molecule has 1 aromatic heterocycles. The van der Waals surface area contributed by atoms with Gasteiger partial charge in [0, 0.05) is 22.4 Å². The second-order valence-electron chi connectivity index (χ2n) is 4.40. The van der Waals surface area contributed by atoms with Crippen molar-refractivity contribution in [2.75, 3.05) is 0 Å². The molecule has 0 radical (unpaired) electrons. The Labute approximate surface area is 141 Å². The van der Waals surface area contributed by atoms with Crippen molar-refractivity contribution in [2.24, 2.45) is 4.99 Å². The molecule has 1 saturated heterocycles. The molecule has 2 aromatic rings. The lowest BCUT2D eigenvalue weighted by Gasteiger charge is -2.01. The maximum atomic E-state index is 11.6. The Morgan fingerprint density at radius 1 is 1.23 bits per heavy atom. The van der Waals surface area contributed by atoms with E-state index in [9.17, 15) is 4.79 Å². The molecule has 0 aliphatic carbocycles. The van der Waals surface area contributed by atoms with Gasteiger partial charge in [-0.3, -0.25) is 9.78 Å². The number of hydrogen-bond acceptors (Lipinski definition) is 4. The van der Waals surface area contributed by atoms with Crippen LogP contribution in [-0.4, -0.2) is 16.1 Å². The van der Waals surface area contributed by atoms with E-state index < -0.39 is 0 Å². The van der Waals surface area contributed by atoms with Crippen LogP contribution in [0.25, 0.3) is 6.08 Å². The van der Waals surface area contributed by atoms with E-state index in [1.54, 1.807) is 30.6 Å². The molecule has 0 unspecified atom stereocenters. The summed E-state index contributed by atoms with van der Waals surface area (Å²) >= 11 is 13.0. The number of hydrogen-bond donors (Lipinski definition) is 1. The Bertz CT molecular complexity index is 770. The number of amides is 1. The summed E-state index contributed by atoms with van der Waals surface area (Å²) in [7, 11) is 0. The molecule has 110 valence electrons. The van der Waals surface area contributed by atoms with Crippen LogP contribution < -0.4 is 5.32 Å². The van der Waals surface area contributed by atoms with E-state index in [1.807, 2.05) is 18.2 Å². The largest absolute Gasteiger partial charge is 0.300 e. The van der Waals surface area contributed by atoms with Crippen LogP contribution >= 0.6 is 35.0 Å². The fraction of sp³-hybridized carbons (Fsp3) is 0. The van der Waals surface area contributed by atoms with Gasteiger partial charge in [0.05, 0.1) is 10.6 Å². The number of nitrogens with zero attached hydrogens (tertiary/aromatic N) is 2. The van der Waals surface area contributed by atoms with Gasteiger partial charge in [0.15, 0.2) is 0 Å². The topological polar surface area (TPSA) is 54.4 Å². The van der Waals surface area contributed by atoms with Crippen LogP contribution in [0.15, 0.2) is 52.6 Å². The zero-order chi connectivity index (χ0) is 15.5. The van der Waals surface area contributed by atoms with Crippen LogP contribution in [-0.2, 0) is 0 Å². The molecule has 1 amide bonds. The number of nitrogens with one attached hydrogen (secondary N) is 1. The molecule has 1 aliphatic heterocycles. The summed E-state index contributed by atoms with van der Waals surface area (Å²) in [6, 6.07) is 8.71. The summed E-state index contributed by atoms with van der Waals surface area (Å²) in [5.74, 6) is 0.470. The first-order valence-corrected chi connectivity index (χ1v) is 7.83. The highest BCUT2D eigenvalue weighted by molar-refractivity contribution is 8.18. The Balaban J connectivity index is 1.98. The van der Waals surface area contributed by atoms with Gasteiger partial charge in [-0.25, -0.2) is 4.99 Å². The quantitative estimate of drug-likeness (QED) is 0.837. The number of thioether (sulfide) groups is 1. The lowest BCUT2D eigenvalue weighted by atomic mass is 10.2. The summed E-state index contributed by atoms with van der Waals surface area (Å²) < 4.78 is 0. The minimum atomic E-state index is -0.179. The van der Waals surface area contributed by atoms with Gasteiger partial charge in [-0.1, -0.05) is 29.3 Å². The molecule has 2 heterocycles. The molecule has 3 rings (SSSR count). The fourth-order valence-corrected chi connectivity index (χ4v) is 3.11. The summed E-state index contributed by atoms with van der Waals surface area (Å²) in [6.45, 7) is 0. The molecule has 1 N–H and O–H groups in total. The van der Waals surface area contributed by atoms with Crippen molar-refractivity contribution >= 4 is 57.8 Å². The lowest BCUT2D eigenvalue weighted by molar-refractivity contribution is 0.265. The SMILES string of the molecule is O=C1NC(=Nc2cc(Cl)cc(Cl)c2)C(=Cc2cccnc2)S1. The molecule has 0 atom stereocenters. The maximum absolute atomic E-state index is 11.6. The van der Waals surface area contributed by atoms with Gasteiger partial charge in [0.25, 0.3) is 5.24 Å². The molecule has 1 fully saturated rings. The van der Waals surface area contributed by atoms with Crippen LogP contribution in [0.2, 0.25) is 10.0 Å². The van der Waals surface area contributed by atoms with Gasteiger partial charge >= 0.3 is 0 Å². The summed E-state index contributed by atoms with van der Waals surface area (Å²) in [4.78, 5) is 20.8. The highest BCUT2D eigenvalue weighted by atomic mass is 35.5. The van der Waals surface area contributed by atoms with Crippen LogP contribution in [0.4, 0.5) is 10.5 Å². The van der Waals surface area contributed by atoms with Crippen LogP contribution in [0, 0.1) is 0 Å². The van der Waals surface area contributed by atoms with E-state index >= 15 is 0 Å². The monoisotopic (exact) mass is 349 g/mol. The zero-order valence-electron chi connectivity index (χ0n) is 11.1. The first kappa shape index (κ1) is 15.1. The molecular weight excluding hydrogens is 341 g/mol. The Hall–Kier alpha value is -1.82. The first-order chi connectivity index (χ1) is 10.6. The first-order valence-electron chi connectivity index (χ1n) is 6.26. The van der Waals surface area contributed by atoms with Gasteiger partial charge < -0.3 is 5.32 Å².